The minimum Gasteiger partial charge on any atom is -0.490 e. The van der Waals surface area contributed by atoms with E-state index >= 15 is 0 Å². The van der Waals surface area contributed by atoms with Crippen LogP contribution in [0.1, 0.15) is 56.4 Å². The molecule has 2 aliphatic carbocycles. The van der Waals surface area contributed by atoms with Gasteiger partial charge in [0.25, 0.3) is 0 Å². The van der Waals surface area contributed by atoms with E-state index in [4.69, 9.17) is 19.0 Å². The predicted octanol–water partition coefficient (Wildman–Crippen LogP) is 7.31. The van der Waals surface area contributed by atoms with Crippen LogP contribution in [-0.2, 0) is 9.57 Å². The Balaban J connectivity index is 1.73. The second kappa shape index (κ2) is 16.0. The third-order valence-electron chi connectivity index (χ3n) is 9.21. The summed E-state index contributed by atoms with van der Waals surface area (Å²) in [5.74, 6) is 0.932. The summed E-state index contributed by atoms with van der Waals surface area (Å²) < 4.78 is 20.1. The van der Waals surface area contributed by atoms with Gasteiger partial charge in [-0.3, -0.25) is 0 Å². The molecule has 0 bridgehead atoms. The number of aliphatic hydroxyl groups excluding tert-OH is 2. The minimum atomic E-state index is -1.00. The zero-order valence-corrected chi connectivity index (χ0v) is 27.1. The maximum atomic E-state index is 9.74. The number of hydrogen-bond acceptors (Lipinski definition) is 8. The Morgan fingerprint density at radius 2 is 1.76 bits per heavy atom. The fourth-order valence-electron chi connectivity index (χ4n) is 7.44. The number of thioether (sulfide) groups is 1. The zero-order chi connectivity index (χ0) is 31.6. The lowest BCUT2D eigenvalue weighted by Gasteiger charge is -2.58. The molecule has 0 saturated heterocycles. The maximum Gasteiger partial charge on any atom is 0.231 e. The molecule has 1 fully saturated rings. The van der Waals surface area contributed by atoms with Crippen LogP contribution in [0.3, 0.4) is 0 Å². The summed E-state index contributed by atoms with van der Waals surface area (Å²) in [4.78, 5) is 6.62. The Kier molecular flexibility index (Phi) is 11.8. The van der Waals surface area contributed by atoms with Crippen molar-refractivity contribution in [2.45, 2.75) is 66.8 Å². The number of allylic oxidation sites excluding steroid dienone is 1. The van der Waals surface area contributed by atoms with Crippen molar-refractivity contribution in [3.63, 3.8) is 0 Å². The van der Waals surface area contributed by atoms with Crippen LogP contribution >= 0.6 is 11.8 Å². The van der Waals surface area contributed by atoms with Crippen molar-refractivity contribution in [2.24, 2.45) is 22.9 Å². The molecule has 0 amide bonds. The molecule has 1 saturated carbocycles. The first kappa shape index (κ1) is 33.3. The van der Waals surface area contributed by atoms with Crippen molar-refractivity contribution in [3.8, 4) is 11.5 Å². The predicted molar refractivity (Wildman–Crippen MR) is 180 cm³/mol. The van der Waals surface area contributed by atoms with Crippen LogP contribution in [0.2, 0.25) is 0 Å². The fourth-order valence-corrected chi connectivity index (χ4v) is 8.75. The third kappa shape index (κ3) is 7.19. The van der Waals surface area contributed by atoms with E-state index < -0.39 is 5.79 Å². The lowest BCUT2D eigenvalue weighted by Crippen LogP contribution is -2.64. The summed E-state index contributed by atoms with van der Waals surface area (Å²) in [6, 6.07) is 16.5. The first-order valence-corrected chi connectivity index (χ1v) is 17.0. The Labute approximate surface area is 272 Å². The normalized spacial score (nSPS) is 27.5. The van der Waals surface area contributed by atoms with Crippen LogP contribution in [0, 0.1) is 17.8 Å². The molecule has 242 valence electrons. The van der Waals surface area contributed by atoms with Gasteiger partial charge in [-0.2, -0.15) is 0 Å². The Bertz CT molecular complexity index is 1350. The second-order valence-electron chi connectivity index (χ2n) is 12.0. The molecule has 5 rings (SSSR count). The largest absolute Gasteiger partial charge is 0.490 e. The van der Waals surface area contributed by atoms with E-state index in [-0.39, 0.29) is 42.1 Å². The van der Waals surface area contributed by atoms with E-state index in [1.54, 1.807) is 31.0 Å². The third-order valence-corrected chi connectivity index (χ3v) is 10.5. The number of hydrogen-bond donors (Lipinski definition) is 2. The van der Waals surface area contributed by atoms with Crippen molar-refractivity contribution < 1.29 is 29.3 Å². The second-order valence-corrected chi connectivity index (χ2v) is 13.2. The van der Waals surface area contributed by atoms with E-state index in [2.05, 4.69) is 54.7 Å². The smallest absolute Gasteiger partial charge is 0.231 e. The minimum absolute atomic E-state index is 0.0323. The summed E-state index contributed by atoms with van der Waals surface area (Å²) >= 11 is 1.75. The number of benzene rings is 2. The zero-order valence-electron chi connectivity index (χ0n) is 26.3. The molecule has 0 radical (unpaired) electrons. The Hall–Kier alpha value is -3.04. The molecule has 45 heavy (non-hydrogen) atoms. The monoisotopic (exact) mass is 633 g/mol. The van der Waals surface area contributed by atoms with E-state index in [9.17, 15) is 10.2 Å². The maximum absolute atomic E-state index is 9.74. The van der Waals surface area contributed by atoms with Crippen LogP contribution in [-0.4, -0.2) is 60.5 Å². The van der Waals surface area contributed by atoms with Crippen molar-refractivity contribution in [2.75, 3.05) is 33.5 Å². The quantitative estimate of drug-likeness (QED) is 0.107. The molecule has 2 aromatic rings. The molecular formula is C37H47NO6S. The van der Waals surface area contributed by atoms with Gasteiger partial charge in [-0.25, -0.2) is 0 Å². The lowest BCUT2D eigenvalue weighted by molar-refractivity contribution is -0.223. The number of rotatable bonds is 17. The van der Waals surface area contributed by atoms with Gasteiger partial charge in [0.05, 0.1) is 23.5 Å². The van der Waals surface area contributed by atoms with E-state index in [0.717, 1.165) is 71.8 Å². The molecule has 2 N–H and O–H groups in total. The van der Waals surface area contributed by atoms with Gasteiger partial charge in [0.15, 0.2) is 0 Å². The highest BCUT2D eigenvalue weighted by molar-refractivity contribution is 8.00. The molecule has 2 aromatic carbocycles. The van der Waals surface area contributed by atoms with Crippen LogP contribution < -0.4 is 9.47 Å². The van der Waals surface area contributed by atoms with Crippen molar-refractivity contribution in [1.82, 2.24) is 0 Å². The fraction of sp³-hybridized carbons (Fsp3) is 0.486. The SMILES string of the molecule is C=CCOc1ccc2c(c1)[C@H]1[C@H](CCCCO)[C@@H](CCCCO)C=C3C(=NOC)C[C@H](Sc4ccccc4)[C@@](OCC=C)(O2)[C@H]31. The molecule has 8 heteroatoms. The summed E-state index contributed by atoms with van der Waals surface area (Å²) in [7, 11) is 1.61. The van der Waals surface area contributed by atoms with Gasteiger partial charge in [0.1, 0.15) is 25.2 Å². The molecule has 0 aromatic heterocycles. The van der Waals surface area contributed by atoms with Gasteiger partial charge in [-0.1, -0.05) is 61.0 Å². The van der Waals surface area contributed by atoms with E-state index in [0.29, 0.717) is 19.6 Å². The molecule has 1 heterocycles. The average Bonchev–Trinajstić information content (AvgIpc) is 3.06. The number of ether oxygens (including phenoxy) is 3. The summed E-state index contributed by atoms with van der Waals surface area (Å²) in [5, 5.41) is 23.9. The molecular weight excluding hydrogens is 586 g/mol. The summed E-state index contributed by atoms with van der Waals surface area (Å²) in [6.45, 7) is 8.92. The van der Waals surface area contributed by atoms with Gasteiger partial charge in [-0.05, 0) is 73.4 Å². The van der Waals surface area contributed by atoms with Crippen LogP contribution in [0.5, 0.6) is 11.5 Å². The molecule has 3 aliphatic rings. The molecule has 7 nitrogen and oxygen atoms in total. The van der Waals surface area contributed by atoms with Gasteiger partial charge in [0.2, 0.25) is 5.79 Å². The number of unbranched alkanes of at least 4 members (excludes halogenated alkanes) is 2. The highest BCUT2D eigenvalue weighted by Gasteiger charge is 2.64. The van der Waals surface area contributed by atoms with Gasteiger partial charge < -0.3 is 29.3 Å². The van der Waals surface area contributed by atoms with Crippen LogP contribution in [0.15, 0.2) is 95.5 Å². The molecule has 0 spiro atoms. The number of fused-ring (bicyclic) bond motifs is 2. The van der Waals surface area contributed by atoms with Crippen LogP contribution in [0.4, 0.5) is 0 Å². The summed E-state index contributed by atoms with van der Waals surface area (Å²) in [6.07, 6.45) is 11.8. The number of nitrogens with zero attached hydrogens (tertiary/aromatic N) is 1. The highest BCUT2D eigenvalue weighted by atomic mass is 32.2. The molecule has 0 unspecified atom stereocenters. The topological polar surface area (TPSA) is 89.7 Å². The Morgan fingerprint density at radius 3 is 2.47 bits per heavy atom. The van der Waals surface area contributed by atoms with Crippen molar-refractivity contribution >= 4 is 17.5 Å². The number of aliphatic hydroxyl groups is 2. The van der Waals surface area contributed by atoms with Gasteiger partial charge in [0, 0.05) is 36.0 Å². The first-order chi connectivity index (χ1) is 22.1. The standard InChI is InChI=1S/C37H47NO6S/c1-4-21-42-27-17-18-33-31(24-27)35-29(16-10-12-20-40)26(13-9-11-19-39)23-30-32(38-41-3)25-34(45-28-14-7-6-8-15-28)37(44-33,36(30)35)43-22-5-2/h4-8,14-15,17-18,23-24,26,29,34-36,39-40H,1-2,9-13,16,19-22,25H2,3H3/t26-,29+,34-,35+,36+,37+/m0/s1. The molecule has 1 aliphatic heterocycles. The summed E-state index contributed by atoms with van der Waals surface area (Å²) in [5.41, 5.74) is 3.14. The van der Waals surface area contributed by atoms with Crippen molar-refractivity contribution in [1.29, 1.82) is 0 Å². The first-order valence-electron chi connectivity index (χ1n) is 16.2. The van der Waals surface area contributed by atoms with Gasteiger partial charge in [-0.15, -0.1) is 18.3 Å². The highest BCUT2D eigenvalue weighted by Crippen LogP contribution is 2.63. The van der Waals surface area contributed by atoms with Gasteiger partial charge >= 0.3 is 0 Å². The van der Waals surface area contributed by atoms with Crippen LogP contribution in [0.25, 0.3) is 0 Å². The lowest BCUT2D eigenvalue weighted by atomic mass is 9.56. The van der Waals surface area contributed by atoms with E-state index in [1.165, 1.54) is 0 Å². The average molecular weight is 634 g/mol. The molecule has 6 atom stereocenters. The van der Waals surface area contributed by atoms with E-state index in [1.807, 2.05) is 18.2 Å². The van der Waals surface area contributed by atoms with Crippen molar-refractivity contribution in [3.05, 3.63) is 91.1 Å². The Morgan fingerprint density at radius 1 is 1.00 bits per heavy atom. The number of oxime groups is 1.